The van der Waals surface area contributed by atoms with Gasteiger partial charge in [0.25, 0.3) is 0 Å². The highest BCUT2D eigenvalue weighted by atomic mass is 32.2. The number of benzene rings is 1. The number of piperidine rings is 1. The van der Waals surface area contributed by atoms with Gasteiger partial charge in [-0.25, -0.2) is 13.2 Å². The van der Waals surface area contributed by atoms with Gasteiger partial charge in [0.2, 0.25) is 0 Å². The van der Waals surface area contributed by atoms with Gasteiger partial charge < -0.3 is 15.0 Å². The van der Waals surface area contributed by atoms with Gasteiger partial charge in [-0.3, -0.25) is 0 Å². The molecular weight excluding hydrogens is 342 g/mol. The second kappa shape index (κ2) is 8.21. The predicted octanol–water partition coefficient (Wildman–Crippen LogP) is 2.25. The van der Waals surface area contributed by atoms with Crippen molar-refractivity contribution in [3.05, 3.63) is 23.8 Å². The first-order valence-corrected chi connectivity index (χ1v) is 10.3. The summed E-state index contributed by atoms with van der Waals surface area (Å²) in [6.07, 6.45) is 2.80. The summed E-state index contributed by atoms with van der Waals surface area (Å²) in [6.45, 7) is 3.30. The van der Waals surface area contributed by atoms with Crippen LogP contribution in [0.2, 0.25) is 0 Å². The molecule has 7 nitrogen and oxygen atoms in total. The van der Waals surface area contributed by atoms with Gasteiger partial charge in [-0.1, -0.05) is 0 Å². The van der Waals surface area contributed by atoms with Crippen molar-refractivity contribution in [2.45, 2.75) is 19.8 Å². The van der Waals surface area contributed by atoms with Crippen molar-refractivity contribution < 1.29 is 17.9 Å². The molecule has 0 saturated carbocycles. The number of urea groups is 1. The Bertz CT molecular complexity index is 771. The van der Waals surface area contributed by atoms with E-state index >= 15 is 0 Å². The third-order valence-electron chi connectivity index (χ3n) is 4.00. The predicted molar refractivity (Wildman–Crippen MR) is 95.4 cm³/mol. The maximum Gasteiger partial charge on any atom is 0.321 e. The fourth-order valence-electron chi connectivity index (χ4n) is 2.99. The highest BCUT2D eigenvalue weighted by molar-refractivity contribution is 7.90. The largest absolute Gasteiger partial charge is 0.492 e. The van der Waals surface area contributed by atoms with Crippen molar-refractivity contribution in [3.63, 3.8) is 0 Å². The molecule has 2 rings (SSSR count). The average molecular weight is 365 g/mol. The Balaban J connectivity index is 2.03. The van der Waals surface area contributed by atoms with Crippen molar-refractivity contribution in [3.8, 4) is 11.8 Å². The zero-order valence-electron chi connectivity index (χ0n) is 14.5. The molecule has 0 aromatic heterocycles. The molecule has 0 bridgehead atoms. The third kappa shape index (κ3) is 5.64. The lowest BCUT2D eigenvalue weighted by atomic mass is 10.0. The summed E-state index contributed by atoms with van der Waals surface area (Å²) in [5.74, 6) is 0.539. The van der Waals surface area contributed by atoms with E-state index in [1.165, 1.54) is 6.26 Å². The monoisotopic (exact) mass is 365 g/mol. The second-order valence-corrected chi connectivity index (χ2v) is 8.42. The van der Waals surface area contributed by atoms with Crippen LogP contribution in [-0.2, 0) is 9.84 Å². The number of anilines is 1. The molecule has 2 amide bonds. The molecule has 1 saturated heterocycles. The summed E-state index contributed by atoms with van der Waals surface area (Å²) in [5, 5.41) is 12.0. The zero-order chi connectivity index (χ0) is 18.4. The van der Waals surface area contributed by atoms with Gasteiger partial charge in [0.15, 0.2) is 0 Å². The lowest BCUT2D eigenvalue weighted by Gasteiger charge is -2.32. The Hall–Kier alpha value is -2.27. The smallest absolute Gasteiger partial charge is 0.321 e. The van der Waals surface area contributed by atoms with Crippen LogP contribution in [0.3, 0.4) is 0 Å². The minimum Gasteiger partial charge on any atom is -0.492 e. The lowest BCUT2D eigenvalue weighted by molar-refractivity contribution is 0.183. The molecule has 136 valence electrons. The molecular formula is C17H23N3O4S. The molecule has 8 heteroatoms. The number of nitrogens with zero attached hydrogens (tertiary/aromatic N) is 2. The Morgan fingerprint density at radius 3 is 2.88 bits per heavy atom. The molecule has 0 unspecified atom stereocenters. The number of carbonyl (C=O) groups is 1. The molecule has 1 aromatic rings. The van der Waals surface area contributed by atoms with Gasteiger partial charge in [-0.15, -0.1) is 0 Å². The van der Waals surface area contributed by atoms with Gasteiger partial charge in [0.1, 0.15) is 21.7 Å². The van der Waals surface area contributed by atoms with Crippen molar-refractivity contribution >= 4 is 21.6 Å². The lowest BCUT2D eigenvalue weighted by Crippen LogP contribution is -2.43. The molecule has 1 N–H and O–H groups in total. The standard InChI is InChI=1S/C17H23N3O4S/c1-3-24-16-7-6-15(9-14(16)10-18)19-17(21)20-8-4-5-13(11-20)12-25(2,22)23/h6-7,9,13H,3-5,8,11-12H2,1-2H3,(H,19,21)/t13-/m0/s1. The highest BCUT2D eigenvalue weighted by Crippen LogP contribution is 2.23. The molecule has 0 aliphatic carbocycles. The minimum atomic E-state index is -3.06. The molecule has 25 heavy (non-hydrogen) atoms. The maximum atomic E-state index is 12.4. The number of carbonyl (C=O) groups excluding carboxylic acids is 1. The van der Waals surface area contributed by atoms with Gasteiger partial charge in [-0.2, -0.15) is 5.26 Å². The first kappa shape index (κ1) is 19.1. The topological polar surface area (TPSA) is 99.5 Å². The molecule has 1 aromatic carbocycles. The number of sulfone groups is 1. The number of likely N-dealkylation sites (tertiary alicyclic amines) is 1. The maximum absolute atomic E-state index is 12.4. The Morgan fingerprint density at radius 1 is 1.48 bits per heavy atom. The van der Waals surface area contributed by atoms with Crippen LogP contribution >= 0.6 is 0 Å². The first-order chi connectivity index (χ1) is 11.8. The third-order valence-corrected chi connectivity index (χ3v) is 5.07. The van der Waals surface area contributed by atoms with E-state index in [0.29, 0.717) is 36.7 Å². The normalized spacial score (nSPS) is 17.6. The highest BCUT2D eigenvalue weighted by Gasteiger charge is 2.26. The number of nitriles is 1. The van der Waals surface area contributed by atoms with Gasteiger partial charge >= 0.3 is 6.03 Å². The van der Waals surface area contributed by atoms with E-state index in [9.17, 15) is 18.5 Å². The summed E-state index contributed by atoms with van der Waals surface area (Å²) in [7, 11) is -3.06. The van der Waals surface area contributed by atoms with E-state index in [2.05, 4.69) is 5.32 Å². The summed E-state index contributed by atoms with van der Waals surface area (Å²) in [5.41, 5.74) is 0.864. The van der Waals surface area contributed by atoms with Crippen LogP contribution in [0.15, 0.2) is 18.2 Å². The van der Waals surface area contributed by atoms with Crippen molar-refractivity contribution in [1.82, 2.24) is 4.90 Å². The Kier molecular flexibility index (Phi) is 6.26. The molecule has 0 spiro atoms. The van der Waals surface area contributed by atoms with Crippen LogP contribution in [0.1, 0.15) is 25.3 Å². The van der Waals surface area contributed by atoms with Crippen LogP contribution in [0, 0.1) is 17.2 Å². The van der Waals surface area contributed by atoms with Crippen LogP contribution in [0.4, 0.5) is 10.5 Å². The van der Waals surface area contributed by atoms with Gasteiger partial charge in [0, 0.05) is 25.0 Å². The number of hydrogen-bond acceptors (Lipinski definition) is 5. The van der Waals surface area contributed by atoms with E-state index in [4.69, 9.17) is 4.74 Å². The zero-order valence-corrected chi connectivity index (χ0v) is 15.3. The Labute approximate surface area is 148 Å². The molecule has 1 heterocycles. The summed E-state index contributed by atoms with van der Waals surface area (Å²) < 4.78 is 28.3. The van der Waals surface area contributed by atoms with Crippen molar-refractivity contribution in [1.29, 1.82) is 5.26 Å². The number of rotatable bonds is 5. The van der Waals surface area contributed by atoms with E-state index < -0.39 is 9.84 Å². The van der Waals surface area contributed by atoms with Crippen LogP contribution < -0.4 is 10.1 Å². The molecule has 1 fully saturated rings. The molecule has 1 aliphatic rings. The number of ether oxygens (including phenoxy) is 1. The number of amides is 2. The van der Waals surface area contributed by atoms with Gasteiger partial charge in [0.05, 0.1) is 17.9 Å². The second-order valence-electron chi connectivity index (χ2n) is 6.23. The number of nitrogens with one attached hydrogen (secondary N) is 1. The summed E-state index contributed by atoms with van der Waals surface area (Å²) >= 11 is 0. The van der Waals surface area contributed by atoms with E-state index in [1.54, 1.807) is 23.1 Å². The van der Waals surface area contributed by atoms with Gasteiger partial charge in [-0.05, 0) is 43.9 Å². The molecule has 0 radical (unpaired) electrons. The number of hydrogen-bond donors (Lipinski definition) is 1. The fraction of sp³-hybridized carbons (Fsp3) is 0.529. The van der Waals surface area contributed by atoms with Crippen LogP contribution in [0.25, 0.3) is 0 Å². The minimum absolute atomic E-state index is 0.0375. The van der Waals surface area contributed by atoms with Crippen LogP contribution in [-0.4, -0.2) is 51.1 Å². The van der Waals surface area contributed by atoms with Crippen molar-refractivity contribution in [2.24, 2.45) is 5.92 Å². The van der Waals surface area contributed by atoms with E-state index in [0.717, 1.165) is 12.8 Å². The average Bonchev–Trinajstić information content (AvgIpc) is 2.55. The van der Waals surface area contributed by atoms with E-state index in [-0.39, 0.29) is 17.7 Å². The summed E-state index contributed by atoms with van der Waals surface area (Å²) in [6, 6.07) is 6.67. The molecule has 1 atom stereocenters. The van der Waals surface area contributed by atoms with Crippen LogP contribution in [0.5, 0.6) is 5.75 Å². The fourth-order valence-corrected chi connectivity index (χ4v) is 4.12. The quantitative estimate of drug-likeness (QED) is 0.863. The first-order valence-electron chi connectivity index (χ1n) is 8.23. The molecule has 1 aliphatic heterocycles. The Morgan fingerprint density at radius 2 is 2.24 bits per heavy atom. The van der Waals surface area contributed by atoms with Crippen molar-refractivity contribution in [2.75, 3.05) is 37.0 Å². The van der Waals surface area contributed by atoms with E-state index in [1.807, 2.05) is 13.0 Å². The SMILES string of the molecule is CCOc1ccc(NC(=O)N2CCC[C@H](CS(C)(=O)=O)C2)cc1C#N. The summed E-state index contributed by atoms with van der Waals surface area (Å²) in [4.78, 5) is 14.1.